The Morgan fingerprint density at radius 3 is 2.19 bits per heavy atom. The minimum atomic E-state index is -4.75. The molecule has 0 unspecified atom stereocenters. The van der Waals surface area contributed by atoms with Crippen LogP contribution in [0.4, 0.5) is 13.2 Å². The molecule has 0 atom stereocenters. The molecule has 0 spiro atoms. The molecule has 0 aliphatic heterocycles. The van der Waals surface area contributed by atoms with Gasteiger partial charge in [-0.2, -0.15) is 13.2 Å². The topological polar surface area (TPSA) is 192 Å². The molecule has 0 aliphatic carbocycles. The van der Waals surface area contributed by atoms with Crippen LogP contribution in [0.2, 0.25) is 0 Å². The van der Waals surface area contributed by atoms with Crippen molar-refractivity contribution in [2.24, 2.45) is 5.73 Å². The van der Waals surface area contributed by atoms with Crippen molar-refractivity contribution in [3.63, 3.8) is 0 Å². The number of aromatic nitrogens is 4. The number of nitrogens with one attached hydrogen (secondary N) is 2. The lowest BCUT2D eigenvalue weighted by Gasteiger charge is -2.13. The zero-order valence-electron chi connectivity index (χ0n) is 25.6. The van der Waals surface area contributed by atoms with E-state index in [0.717, 1.165) is 4.57 Å². The summed E-state index contributed by atoms with van der Waals surface area (Å²) in [6.07, 6.45) is -1.97. The van der Waals surface area contributed by atoms with Gasteiger partial charge in [-0.25, -0.2) is 18.4 Å². The van der Waals surface area contributed by atoms with Gasteiger partial charge < -0.3 is 35.2 Å². The number of nitrogens with zero attached hydrogens (tertiary/aromatic N) is 3. The summed E-state index contributed by atoms with van der Waals surface area (Å²) in [5.74, 6) is -1.69. The lowest BCUT2D eigenvalue weighted by Crippen LogP contribution is -2.22. The summed E-state index contributed by atoms with van der Waals surface area (Å²) in [6, 6.07) is 14.7. The van der Waals surface area contributed by atoms with Gasteiger partial charge >= 0.3 is 6.18 Å². The standard InChI is InChI=1S/C27H26F3N3O6S.C4H5N3O/c1-38-20-11-18(12-21(14-20)39-2)16-33-24-8-5-19(13-23(24)32-26(33)27(28,29)30)25(35)31-15-17-3-6-22(7-4-17)40(36,37)10-9-34;5-4(8)3-1-6-2-7-3/h3-8,11-14,34H,9-10,15-16H2,1-2H3,(H,31,35);1-2H,(H2,5,8)(H,6,7). The zero-order chi connectivity index (χ0) is 35.1. The van der Waals surface area contributed by atoms with Crippen molar-refractivity contribution in [2.75, 3.05) is 26.6 Å². The number of alkyl halides is 3. The van der Waals surface area contributed by atoms with E-state index in [1.165, 1.54) is 69.2 Å². The van der Waals surface area contributed by atoms with E-state index in [9.17, 15) is 31.2 Å². The zero-order valence-corrected chi connectivity index (χ0v) is 26.4. The van der Waals surface area contributed by atoms with Crippen molar-refractivity contribution in [2.45, 2.75) is 24.2 Å². The van der Waals surface area contributed by atoms with Gasteiger partial charge in [-0.05, 0) is 53.6 Å². The number of methoxy groups -OCH3 is 2. The molecule has 0 radical (unpaired) electrons. The number of H-pyrrole nitrogens is 1. The number of amides is 2. The van der Waals surface area contributed by atoms with Gasteiger partial charge in [0.1, 0.15) is 17.2 Å². The van der Waals surface area contributed by atoms with E-state index in [1.807, 2.05) is 0 Å². The van der Waals surface area contributed by atoms with Gasteiger partial charge in [0, 0.05) is 24.7 Å². The van der Waals surface area contributed by atoms with Crippen LogP contribution in [-0.2, 0) is 29.1 Å². The second kappa shape index (κ2) is 15.0. The predicted octanol–water partition coefficient (Wildman–Crippen LogP) is 3.33. The number of aliphatic hydroxyl groups is 1. The van der Waals surface area contributed by atoms with Crippen LogP contribution in [0.25, 0.3) is 11.0 Å². The van der Waals surface area contributed by atoms with Crippen molar-refractivity contribution in [1.29, 1.82) is 0 Å². The molecule has 3 aromatic carbocycles. The molecule has 5 aromatic rings. The maximum atomic E-state index is 13.9. The number of carbonyl (C=O) groups excluding carboxylic acids is 2. The van der Waals surface area contributed by atoms with Crippen LogP contribution in [0.15, 0.2) is 78.1 Å². The molecule has 254 valence electrons. The largest absolute Gasteiger partial charge is 0.497 e. The molecule has 48 heavy (non-hydrogen) atoms. The molecule has 0 saturated heterocycles. The van der Waals surface area contributed by atoms with Gasteiger partial charge in [0.05, 0.1) is 55.0 Å². The van der Waals surface area contributed by atoms with E-state index < -0.39 is 46.0 Å². The second-order valence-electron chi connectivity index (χ2n) is 10.1. The van der Waals surface area contributed by atoms with Gasteiger partial charge in [-0.15, -0.1) is 0 Å². The molecular formula is C31H31F3N6O7S. The Labute approximate surface area is 272 Å². The normalized spacial score (nSPS) is 11.5. The molecule has 2 amide bonds. The summed E-state index contributed by atoms with van der Waals surface area (Å²) >= 11 is 0. The number of benzene rings is 3. The minimum absolute atomic E-state index is 0.00622. The number of carbonyl (C=O) groups is 2. The van der Waals surface area contributed by atoms with Crippen molar-refractivity contribution in [3.05, 3.63) is 101 Å². The molecule has 17 heteroatoms. The first-order chi connectivity index (χ1) is 22.7. The Morgan fingerprint density at radius 2 is 1.67 bits per heavy atom. The Hall–Kier alpha value is -5.42. The number of primary amides is 1. The summed E-state index contributed by atoms with van der Waals surface area (Å²) in [5, 5.41) is 11.6. The average Bonchev–Trinajstić information content (AvgIpc) is 3.73. The third kappa shape index (κ3) is 8.68. The summed E-state index contributed by atoms with van der Waals surface area (Å²) in [4.78, 5) is 33.0. The fourth-order valence-electron chi connectivity index (χ4n) is 4.52. The number of hydrogen-bond donors (Lipinski definition) is 4. The maximum Gasteiger partial charge on any atom is 0.449 e. The predicted molar refractivity (Wildman–Crippen MR) is 167 cm³/mol. The van der Waals surface area contributed by atoms with E-state index >= 15 is 0 Å². The maximum absolute atomic E-state index is 13.9. The lowest BCUT2D eigenvalue weighted by molar-refractivity contribution is -0.146. The van der Waals surface area contributed by atoms with E-state index in [-0.39, 0.29) is 34.6 Å². The van der Waals surface area contributed by atoms with Crippen LogP contribution in [0.3, 0.4) is 0 Å². The number of hydrogen-bond acceptors (Lipinski definition) is 9. The van der Waals surface area contributed by atoms with Crippen molar-refractivity contribution in [1.82, 2.24) is 24.8 Å². The highest BCUT2D eigenvalue weighted by Crippen LogP contribution is 2.33. The molecule has 13 nitrogen and oxygen atoms in total. The number of aliphatic hydroxyl groups excluding tert-OH is 1. The number of halogens is 3. The van der Waals surface area contributed by atoms with E-state index in [4.69, 9.17) is 20.3 Å². The number of rotatable bonds is 11. The summed E-state index contributed by atoms with van der Waals surface area (Å²) in [5.41, 5.74) is 6.58. The van der Waals surface area contributed by atoms with Gasteiger partial charge in [0.25, 0.3) is 11.8 Å². The van der Waals surface area contributed by atoms with E-state index in [0.29, 0.717) is 28.3 Å². The van der Waals surface area contributed by atoms with Gasteiger partial charge in [0.15, 0.2) is 9.84 Å². The monoisotopic (exact) mass is 688 g/mol. The third-order valence-electron chi connectivity index (χ3n) is 6.88. The summed E-state index contributed by atoms with van der Waals surface area (Å²) < 4.78 is 77.3. The van der Waals surface area contributed by atoms with Crippen LogP contribution in [0, 0.1) is 0 Å². The molecule has 2 heterocycles. The molecule has 0 bridgehead atoms. The molecule has 0 saturated carbocycles. The number of fused-ring (bicyclic) bond motifs is 1. The van der Waals surface area contributed by atoms with Gasteiger partial charge in [-0.3, -0.25) is 9.59 Å². The first-order valence-corrected chi connectivity index (χ1v) is 15.7. The van der Waals surface area contributed by atoms with Crippen LogP contribution < -0.4 is 20.5 Å². The van der Waals surface area contributed by atoms with Crippen molar-refractivity contribution >= 4 is 32.7 Å². The Balaban J connectivity index is 0.000000569. The van der Waals surface area contributed by atoms with Crippen LogP contribution in [-0.4, -0.2) is 71.4 Å². The summed E-state index contributed by atoms with van der Waals surface area (Å²) in [7, 11) is -0.716. The highest BCUT2D eigenvalue weighted by molar-refractivity contribution is 7.91. The van der Waals surface area contributed by atoms with Crippen LogP contribution in [0.1, 0.15) is 37.8 Å². The van der Waals surface area contributed by atoms with Crippen LogP contribution >= 0.6 is 0 Å². The quantitative estimate of drug-likeness (QED) is 0.161. The van der Waals surface area contributed by atoms with E-state index in [1.54, 1.807) is 18.2 Å². The molecule has 2 aromatic heterocycles. The van der Waals surface area contributed by atoms with Crippen molar-refractivity contribution < 1.29 is 45.8 Å². The van der Waals surface area contributed by atoms with Gasteiger partial charge in [-0.1, -0.05) is 12.1 Å². The Kier molecular flexibility index (Phi) is 11.1. The highest BCUT2D eigenvalue weighted by Gasteiger charge is 2.37. The number of aromatic amines is 1. The number of ether oxygens (including phenoxy) is 2. The highest BCUT2D eigenvalue weighted by atomic mass is 32.2. The molecular weight excluding hydrogens is 657 g/mol. The summed E-state index contributed by atoms with van der Waals surface area (Å²) in [6.45, 7) is -0.617. The van der Waals surface area contributed by atoms with Crippen LogP contribution in [0.5, 0.6) is 11.5 Å². The molecule has 0 fully saturated rings. The van der Waals surface area contributed by atoms with Crippen molar-refractivity contribution in [3.8, 4) is 11.5 Å². The Bertz CT molecular complexity index is 1970. The van der Waals surface area contributed by atoms with E-state index in [2.05, 4.69) is 20.3 Å². The first kappa shape index (κ1) is 35.4. The molecule has 5 N–H and O–H groups in total. The lowest BCUT2D eigenvalue weighted by atomic mass is 10.1. The third-order valence-corrected chi connectivity index (χ3v) is 8.59. The fraction of sp³-hybridized carbons (Fsp3) is 0.226. The number of nitrogens with two attached hydrogens (primary N) is 1. The molecule has 0 aliphatic rings. The second-order valence-corrected chi connectivity index (χ2v) is 12.3. The number of sulfone groups is 1. The minimum Gasteiger partial charge on any atom is -0.497 e. The average molecular weight is 689 g/mol. The smallest absolute Gasteiger partial charge is 0.449 e. The number of imidazole rings is 2. The van der Waals surface area contributed by atoms with Gasteiger partial charge in [0.2, 0.25) is 5.82 Å². The molecule has 5 rings (SSSR count). The SMILES string of the molecule is COc1cc(Cn2c(C(F)(F)F)nc3cc(C(=O)NCc4ccc(S(=O)(=O)CCO)cc4)ccc32)cc(OC)c1.NC(=O)c1cnc[nH]1. The Morgan fingerprint density at radius 1 is 1.00 bits per heavy atom. The fourth-order valence-corrected chi connectivity index (χ4v) is 5.54. The first-order valence-electron chi connectivity index (χ1n) is 14.0.